The Hall–Kier alpha value is -1.51. The number of amides is 1. The van der Waals surface area contributed by atoms with E-state index in [1.807, 2.05) is 26.0 Å². The quantitative estimate of drug-likeness (QED) is 0.823. The van der Waals surface area contributed by atoms with Crippen LogP contribution in [0, 0.1) is 5.92 Å². The van der Waals surface area contributed by atoms with Gasteiger partial charge in [-0.05, 0) is 6.07 Å². The van der Waals surface area contributed by atoms with Crippen molar-refractivity contribution < 1.29 is 9.90 Å². The lowest BCUT2D eigenvalue weighted by Crippen LogP contribution is -2.29. The lowest BCUT2D eigenvalue weighted by atomic mass is 10.1. The zero-order chi connectivity index (χ0) is 11.4. The fourth-order valence-electron chi connectivity index (χ4n) is 1.42. The third-order valence-electron chi connectivity index (χ3n) is 2.27. The van der Waals surface area contributed by atoms with Crippen molar-refractivity contribution in [2.75, 3.05) is 7.05 Å². The van der Waals surface area contributed by atoms with Crippen molar-refractivity contribution in [2.45, 2.75) is 20.4 Å². The topological polar surface area (TPSA) is 40.5 Å². The standard InChI is InChI=1S/C12H17NO2/c1-9(2)12(15)13(3)8-10-6-4-5-7-11(10)14/h4-7,9,14H,8H2,1-3H3. The average Bonchev–Trinajstić information content (AvgIpc) is 2.20. The van der Waals surface area contributed by atoms with E-state index < -0.39 is 0 Å². The molecule has 0 aliphatic carbocycles. The zero-order valence-corrected chi connectivity index (χ0v) is 9.40. The van der Waals surface area contributed by atoms with Gasteiger partial charge in [-0.25, -0.2) is 0 Å². The molecule has 0 saturated carbocycles. The molecule has 0 saturated heterocycles. The summed E-state index contributed by atoms with van der Waals surface area (Å²) in [5.41, 5.74) is 0.772. The fourth-order valence-corrected chi connectivity index (χ4v) is 1.42. The molecule has 3 nitrogen and oxygen atoms in total. The molecule has 0 atom stereocenters. The Morgan fingerprint density at radius 2 is 2.00 bits per heavy atom. The van der Waals surface area contributed by atoms with Crippen molar-refractivity contribution in [2.24, 2.45) is 5.92 Å². The lowest BCUT2D eigenvalue weighted by molar-refractivity contribution is -0.133. The Kier molecular flexibility index (Phi) is 3.72. The summed E-state index contributed by atoms with van der Waals surface area (Å²) in [6.07, 6.45) is 0. The van der Waals surface area contributed by atoms with Crippen LogP contribution in [0.15, 0.2) is 24.3 Å². The van der Waals surface area contributed by atoms with Crippen molar-refractivity contribution in [3.8, 4) is 5.75 Å². The smallest absolute Gasteiger partial charge is 0.225 e. The van der Waals surface area contributed by atoms with Crippen LogP contribution in [0.3, 0.4) is 0 Å². The monoisotopic (exact) mass is 207 g/mol. The number of aromatic hydroxyl groups is 1. The summed E-state index contributed by atoms with van der Waals surface area (Å²) in [6.45, 7) is 4.18. The highest BCUT2D eigenvalue weighted by atomic mass is 16.3. The van der Waals surface area contributed by atoms with Gasteiger partial charge in [0.25, 0.3) is 0 Å². The van der Waals surface area contributed by atoms with E-state index in [-0.39, 0.29) is 17.6 Å². The number of para-hydroxylation sites is 1. The zero-order valence-electron chi connectivity index (χ0n) is 9.40. The minimum absolute atomic E-state index is 0.0131. The van der Waals surface area contributed by atoms with Gasteiger partial charge < -0.3 is 10.0 Å². The lowest BCUT2D eigenvalue weighted by Gasteiger charge is -2.19. The molecule has 0 aliphatic heterocycles. The summed E-state index contributed by atoms with van der Waals surface area (Å²) >= 11 is 0. The largest absolute Gasteiger partial charge is 0.508 e. The van der Waals surface area contributed by atoms with E-state index in [1.165, 1.54) is 0 Å². The van der Waals surface area contributed by atoms with Gasteiger partial charge in [-0.1, -0.05) is 32.0 Å². The summed E-state index contributed by atoms with van der Waals surface area (Å²) < 4.78 is 0. The summed E-state index contributed by atoms with van der Waals surface area (Å²) in [4.78, 5) is 13.2. The Bertz CT molecular complexity index is 347. The van der Waals surface area contributed by atoms with Crippen LogP contribution in [0.1, 0.15) is 19.4 Å². The molecular formula is C12H17NO2. The maximum Gasteiger partial charge on any atom is 0.225 e. The van der Waals surface area contributed by atoms with Gasteiger partial charge in [0.05, 0.1) is 0 Å². The van der Waals surface area contributed by atoms with Crippen molar-refractivity contribution >= 4 is 5.91 Å². The first-order valence-electron chi connectivity index (χ1n) is 5.04. The fraction of sp³-hybridized carbons (Fsp3) is 0.417. The Labute approximate surface area is 90.3 Å². The molecule has 3 heteroatoms. The van der Waals surface area contributed by atoms with E-state index in [9.17, 15) is 9.90 Å². The summed E-state index contributed by atoms with van der Waals surface area (Å²) in [6, 6.07) is 7.06. The molecule has 0 radical (unpaired) electrons. The number of rotatable bonds is 3. The number of carbonyl (C=O) groups is 1. The highest BCUT2D eigenvalue weighted by molar-refractivity contribution is 5.77. The second kappa shape index (κ2) is 4.82. The number of hydrogen-bond donors (Lipinski definition) is 1. The molecule has 0 aromatic heterocycles. The second-order valence-corrected chi connectivity index (χ2v) is 3.98. The highest BCUT2D eigenvalue weighted by Crippen LogP contribution is 2.17. The number of phenols is 1. The van der Waals surface area contributed by atoms with E-state index in [2.05, 4.69) is 0 Å². The van der Waals surface area contributed by atoms with Gasteiger partial charge in [0.15, 0.2) is 0 Å². The van der Waals surface area contributed by atoms with Crippen LogP contribution < -0.4 is 0 Å². The maximum absolute atomic E-state index is 11.6. The van der Waals surface area contributed by atoms with Gasteiger partial charge in [0, 0.05) is 25.1 Å². The molecule has 1 N–H and O–H groups in total. The van der Waals surface area contributed by atoms with Crippen molar-refractivity contribution in [3.63, 3.8) is 0 Å². The number of carbonyl (C=O) groups excluding carboxylic acids is 1. The molecule has 1 aromatic carbocycles. The van der Waals surface area contributed by atoms with Crippen LogP contribution in [-0.2, 0) is 11.3 Å². The third kappa shape index (κ3) is 2.98. The molecule has 1 amide bonds. The second-order valence-electron chi connectivity index (χ2n) is 3.98. The van der Waals surface area contributed by atoms with Crippen molar-refractivity contribution in [1.29, 1.82) is 0 Å². The third-order valence-corrected chi connectivity index (χ3v) is 2.27. The van der Waals surface area contributed by atoms with Crippen LogP contribution >= 0.6 is 0 Å². The van der Waals surface area contributed by atoms with Gasteiger partial charge in [0.2, 0.25) is 5.91 Å². The predicted octanol–water partition coefficient (Wildman–Crippen LogP) is 2.01. The molecule has 0 heterocycles. The molecule has 82 valence electrons. The summed E-state index contributed by atoms with van der Waals surface area (Å²) in [5, 5.41) is 9.54. The average molecular weight is 207 g/mol. The van der Waals surface area contributed by atoms with Gasteiger partial charge in [0.1, 0.15) is 5.75 Å². The van der Waals surface area contributed by atoms with Gasteiger partial charge >= 0.3 is 0 Å². The Morgan fingerprint density at radius 1 is 1.40 bits per heavy atom. The van der Waals surface area contributed by atoms with E-state index in [4.69, 9.17) is 0 Å². The van der Waals surface area contributed by atoms with Crippen LogP contribution in [0.5, 0.6) is 5.75 Å². The first kappa shape index (κ1) is 11.6. The van der Waals surface area contributed by atoms with Crippen LogP contribution in [-0.4, -0.2) is 23.0 Å². The molecule has 0 spiro atoms. The van der Waals surface area contributed by atoms with Gasteiger partial charge in [-0.15, -0.1) is 0 Å². The van der Waals surface area contributed by atoms with E-state index in [0.717, 1.165) is 5.56 Å². The molecule has 1 rings (SSSR count). The van der Waals surface area contributed by atoms with Crippen molar-refractivity contribution in [3.05, 3.63) is 29.8 Å². The number of phenolic OH excluding ortho intramolecular Hbond substituents is 1. The van der Waals surface area contributed by atoms with Gasteiger partial charge in [-0.3, -0.25) is 4.79 Å². The minimum atomic E-state index is -0.0131. The predicted molar refractivity (Wildman–Crippen MR) is 59.4 cm³/mol. The number of benzene rings is 1. The number of hydrogen-bond acceptors (Lipinski definition) is 2. The van der Waals surface area contributed by atoms with E-state index in [1.54, 1.807) is 24.1 Å². The normalized spacial score (nSPS) is 10.4. The molecule has 0 aliphatic rings. The SMILES string of the molecule is CC(C)C(=O)N(C)Cc1ccccc1O. The molecule has 0 unspecified atom stereocenters. The van der Waals surface area contributed by atoms with Crippen LogP contribution in [0.2, 0.25) is 0 Å². The number of nitrogens with zero attached hydrogens (tertiary/aromatic N) is 1. The Balaban J connectivity index is 2.71. The summed E-state index contributed by atoms with van der Waals surface area (Å²) in [7, 11) is 1.74. The molecule has 0 bridgehead atoms. The molecular weight excluding hydrogens is 190 g/mol. The van der Waals surface area contributed by atoms with Crippen molar-refractivity contribution in [1.82, 2.24) is 4.90 Å². The van der Waals surface area contributed by atoms with E-state index in [0.29, 0.717) is 6.54 Å². The highest BCUT2D eigenvalue weighted by Gasteiger charge is 2.13. The maximum atomic E-state index is 11.6. The van der Waals surface area contributed by atoms with Gasteiger partial charge in [-0.2, -0.15) is 0 Å². The molecule has 1 aromatic rings. The first-order valence-corrected chi connectivity index (χ1v) is 5.04. The first-order chi connectivity index (χ1) is 7.02. The molecule has 15 heavy (non-hydrogen) atoms. The Morgan fingerprint density at radius 3 is 2.53 bits per heavy atom. The summed E-state index contributed by atoms with van der Waals surface area (Å²) in [5.74, 6) is 0.306. The minimum Gasteiger partial charge on any atom is -0.508 e. The van der Waals surface area contributed by atoms with Crippen LogP contribution in [0.25, 0.3) is 0 Å². The van der Waals surface area contributed by atoms with Crippen LogP contribution in [0.4, 0.5) is 0 Å². The molecule has 0 fully saturated rings. The van der Waals surface area contributed by atoms with E-state index >= 15 is 0 Å².